The van der Waals surface area contributed by atoms with Crippen LogP contribution in [0.5, 0.6) is 0 Å². The maximum absolute atomic E-state index is 11.0. The van der Waals surface area contributed by atoms with E-state index in [2.05, 4.69) is 34.4 Å². The molecule has 236 valence electrons. The summed E-state index contributed by atoms with van der Waals surface area (Å²) in [5.41, 5.74) is 10.1. The Labute approximate surface area is 267 Å². The number of aryl methyl sites for hydroxylation is 1. The zero-order chi connectivity index (χ0) is 31.1. The highest BCUT2D eigenvalue weighted by atomic mass is 32.1. The largest absolute Gasteiger partial charge is 0.389 e. The summed E-state index contributed by atoms with van der Waals surface area (Å²) in [6.07, 6.45) is 11.4. The zero-order valence-corrected chi connectivity index (χ0v) is 27.2. The number of hydrogen-bond acceptors (Lipinski definition) is 11. The third-order valence-corrected chi connectivity index (χ3v) is 12.1. The van der Waals surface area contributed by atoms with Crippen molar-refractivity contribution >= 4 is 33.3 Å². The first-order chi connectivity index (χ1) is 21.7. The fourth-order valence-electron chi connectivity index (χ4n) is 8.87. The fraction of sp³-hybridized carbons (Fsp3) is 0.606. The standard InChI is InChI=1S/C33H41N9O2S/c1-19(22-9-6-14-40(22)3)42-18-36-26-30(41-15-7-11-32(2,43)17-41)37-29(38-31(26)42)25-20-8-4-12-33(27(20)44-39-25)13-5-10-23-24(33)21(16-34)28(35)45-23/h18-19,22,43H,4-15,17,35H2,1-3H3/t19-,22-,32+,33-/m0/s1. The Bertz CT molecular complexity index is 1830. The van der Waals surface area contributed by atoms with Gasteiger partial charge >= 0.3 is 0 Å². The lowest BCUT2D eigenvalue weighted by molar-refractivity contribution is 0.0448. The van der Waals surface area contributed by atoms with Crippen LogP contribution in [0.1, 0.15) is 98.6 Å². The molecule has 0 amide bonds. The van der Waals surface area contributed by atoms with Crippen molar-refractivity contribution in [2.45, 2.75) is 101 Å². The van der Waals surface area contributed by atoms with Crippen LogP contribution in [-0.2, 0) is 18.3 Å². The zero-order valence-electron chi connectivity index (χ0n) is 26.3. The Hall–Kier alpha value is -3.53. The van der Waals surface area contributed by atoms with E-state index in [4.69, 9.17) is 30.4 Å². The first-order valence-corrected chi connectivity index (χ1v) is 17.3. The summed E-state index contributed by atoms with van der Waals surface area (Å²) in [4.78, 5) is 21.1. The van der Waals surface area contributed by atoms with Crippen LogP contribution in [0.4, 0.5) is 10.8 Å². The Morgan fingerprint density at radius 2 is 1.98 bits per heavy atom. The molecule has 12 heteroatoms. The van der Waals surface area contributed by atoms with Gasteiger partial charge in [-0.3, -0.25) is 0 Å². The number of anilines is 2. The number of rotatable bonds is 4. The summed E-state index contributed by atoms with van der Waals surface area (Å²) in [6, 6.07) is 2.98. The van der Waals surface area contributed by atoms with Gasteiger partial charge in [0.05, 0.1) is 22.9 Å². The predicted molar refractivity (Wildman–Crippen MR) is 173 cm³/mol. The molecule has 4 aromatic rings. The summed E-state index contributed by atoms with van der Waals surface area (Å²) >= 11 is 1.55. The normalized spacial score (nSPS) is 27.5. The van der Waals surface area contributed by atoms with Gasteiger partial charge in [0.2, 0.25) is 0 Å². The van der Waals surface area contributed by atoms with Crippen molar-refractivity contribution in [3.05, 3.63) is 33.7 Å². The number of aromatic nitrogens is 5. The van der Waals surface area contributed by atoms with Crippen molar-refractivity contribution in [1.82, 2.24) is 29.6 Å². The molecule has 2 saturated heterocycles. The second-order valence-corrected chi connectivity index (χ2v) is 15.2. The van der Waals surface area contributed by atoms with Crippen molar-refractivity contribution in [2.75, 3.05) is 37.3 Å². The number of nitrogens with two attached hydrogens (primary N) is 1. The molecule has 4 atom stereocenters. The highest BCUT2D eigenvalue weighted by Crippen LogP contribution is 2.55. The first kappa shape index (κ1) is 28.9. The van der Waals surface area contributed by atoms with Crippen molar-refractivity contribution in [3.63, 3.8) is 0 Å². The van der Waals surface area contributed by atoms with Gasteiger partial charge in [0, 0.05) is 35.6 Å². The SMILES string of the molecule is C[C@@H]([C@@H]1CCCN1C)n1cnc2c(N3CCC[C@@](C)(O)C3)nc(-c3noc4c3CCC[C@@]43CCCc4sc(N)c(C#N)c43)nc21. The summed E-state index contributed by atoms with van der Waals surface area (Å²) in [5.74, 6) is 2.11. The number of likely N-dealkylation sites (N-methyl/N-ethyl adjacent to an activating group) is 1. The molecule has 2 fully saturated rings. The van der Waals surface area contributed by atoms with Crippen LogP contribution in [0.2, 0.25) is 0 Å². The van der Waals surface area contributed by atoms with Gasteiger partial charge < -0.3 is 29.7 Å². The average molecular weight is 628 g/mol. The van der Waals surface area contributed by atoms with Gasteiger partial charge in [0.15, 0.2) is 34.3 Å². The number of piperidine rings is 1. The van der Waals surface area contributed by atoms with E-state index >= 15 is 0 Å². The number of nitriles is 1. The molecule has 4 aromatic heterocycles. The highest BCUT2D eigenvalue weighted by Gasteiger charge is 2.49. The van der Waals surface area contributed by atoms with Gasteiger partial charge in [0.25, 0.3) is 0 Å². The van der Waals surface area contributed by atoms with E-state index in [9.17, 15) is 10.4 Å². The second kappa shape index (κ2) is 10.5. The quantitative estimate of drug-likeness (QED) is 0.318. The number of β-amino-alcohol motifs (C(OH)–C–C–N with tert-alkyl or cyclic N) is 1. The number of thiophene rings is 1. The minimum Gasteiger partial charge on any atom is -0.389 e. The Morgan fingerprint density at radius 1 is 1.16 bits per heavy atom. The molecule has 0 aromatic carbocycles. The van der Waals surface area contributed by atoms with Crippen LogP contribution in [0, 0.1) is 11.3 Å². The Morgan fingerprint density at radius 3 is 2.73 bits per heavy atom. The van der Waals surface area contributed by atoms with Gasteiger partial charge in [-0.05, 0) is 97.2 Å². The fourth-order valence-corrected chi connectivity index (χ4v) is 10.0. The van der Waals surface area contributed by atoms with Crippen molar-refractivity contribution in [3.8, 4) is 17.6 Å². The number of hydrogen-bond donors (Lipinski definition) is 2. The molecule has 3 N–H and O–H groups in total. The predicted octanol–water partition coefficient (Wildman–Crippen LogP) is 4.96. The molecule has 0 saturated carbocycles. The van der Waals surface area contributed by atoms with Crippen LogP contribution in [0.15, 0.2) is 10.9 Å². The van der Waals surface area contributed by atoms with Crippen LogP contribution < -0.4 is 10.6 Å². The van der Waals surface area contributed by atoms with E-state index in [1.54, 1.807) is 11.3 Å². The van der Waals surface area contributed by atoms with Crippen molar-refractivity contribution in [2.24, 2.45) is 0 Å². The number of aliphatic hydroxyl groups is 1. The summed E-state index contributed by atoms with van der Waals surface area (Å²) in [6.45, 7) is 6.50. The smallest absolute Gasteiger partial charge is 0.186 e. The van der Waals surface area contributed by atoms with E-state index in [0.29, 0.717) is 34.7 Å². The summed E-state index contributed by atoms with van der Waals surface area (Å²) in [5, 5.41) is 26.5. The number of nitrogens with zero attached hydrogens (tertiary/aromatic N) is 8. The molecular weight excluding hydrogens is 586 g/mol. The Balaban J connectivity index is 1.30. The maximum Gasteiger partial charge on any atom is 0.186 e. The van der Waals surface area contributed by atoms with Crippen LogP contribution >= 0.6 is 11.3 Å². The van der Waals surface area contributed by atoms with Crippen LogP contribution in [0.25, 0.3) is 22.7 Å². The van der Waals surface area contributed by atoms with Crippen LogP contribution in [-0.4, -0.2) is 73.0 Å². The topological polar surface area (TPSA) is 146 Å². The minimum absolute atomic E-state index is 0.172. The van der Waals surface area contributed by atoms with E-state index in [-0.39, 0.29) is 6.04 Å². The monoisotopic (exact) mass is 627 g/mol. The van der Waals surface area contributed by atoms with Gasteiger partial charge in [-0.1, -0.05) is 5.16 Å². The molecular formula is C33H41N9O2S. The van der Waals surface area contributed by atoms with E-state index in [1.807, 2.05) is 13.3 Å². The molecule has 0 unspecified atom stereocenters. The molecule has 1 spiro atoms. The third kappa shape index (κ3) is 4.42. The van der Waals surface area contributed by atoms with Crippen LogP contribution in [0.3, 0.4) is 0 Å². The molecule has 4 aliphatic rings. The third-order valence-electron chi connectivity index (χ3n) is 11.0. The second-order valence-electron chi connectivity index (χ2n) is 14.0. The van der Waals surface area contributed by atoms with E-state index in [0.717, 1.165) is 105 Å². The van der Waals surface area contributed by atoms with Gasteiger partial charge in [-0.2, -0.15) is 5.26 Å². The molecule has 6 heterocycles. The van der Waals surface area contributed by atoms with Gasteiger partial charge in [-0.25, -0.2) is 15.0 Å². The first-order valence-electron chi connectivity index (χ1n) is 16.4. The van der Waals surface area contributed by atoms with E-state index in [1.165, 1.54) is 11.3 Å². The molecule has 2 aliphatic carbocycles. The van der Waals surface area contributed by atoms with Crippen molar-refractivity contribution < 1.29 is 9.63 Å². The lowest BCUT2D eigenvalue weighted by Gasteiger charge is -2.39. The maximum atomic E-state index is 11.0. The average Bonchev–Trinajstić information content (AvgIpc) is 3.81. The number of likely N-dealkylation sites (tertiary alicyclic amines) is 1. The molecule has 2 aliphatic heterocycles. The number of imidazole rings is 1. The van der Waals surface area contributed by atoms with Gasteiger partial charge in [0.1, 0.15) is 11.1 Å². The molecule has 0 bridgehead atoms. The number of fused-ring (bicyclic) bond motifs is 5. The Kier molecular flexibility index (Phi) is 6.75. The van der Waals surface area contributed by atoms with Gasteiger partial charge in [-0.15, -0.1) is 11.3 Å². The molecule has 0 radical (unpaired) electrons. The summed E-state index contributed by atoms with van der Waals surface area (Å²) in [7, 11) is 2.20. The minimum atomic E-state index is -0.808. The highest BCUT2D eigenvalue weighted by molar-refractivity contribution is 7.16. The van der Waals surface area contributed by atoms with E-state index < -0.39 is 11.0 Å². The lowest BCUT2D eigenvalue weighted by atomic mass is 9.63. The number of nitrogen functional groups attached to an aromatic ring is 1. The lowest BCUT2D eigenvalue weighted by Crippen LogP contribution is -2.46. The summed E-state index contributed by atoms with van der Waals surface area (Å²) < 4.78 is 8.53. The molecule has 11 nitrogen and oxygen atoms in total. The van der Waals surface area contributed by atoms with Crippen molar-refractivity contribution in [1.29, 1.82) is 5.26 Å². The molecule has 8 rings (SSSR count). The molecule has 45 heavy (non-hydrogen) atoms.